The first-order chi connectivity index (χ1) is 6.75. The number of carbonyl (C=O) groups is 1. The van der Waals surface area contributed by atoms with Crippen LogP contribution in [0.25, 0.3) is 0 Å². The SMILES string of the molecule is CS(=O)(=O)c1ccc(F)c(C(=O)O)c1F. The van der Waals surface area contributed by atoms with Gasteiger partial charge in [0, 0.05) is 6.26 Å². The fourth-order valence-corrected chi connectivity index (χ4v) is 1.76. The molecule has 0 saturated heterocycles. The highest BCUT2D eigenvalue weighted by Gasteiger charge is 2.24. The maximum atomic E-state index is 13.3. The van der Waals surface area contributed by atoms with Gasteiger partial charge in [0.1, 0.15) is 16.3 Å². The number of carboxylic acids is 1. The quantitative estimate of drug-likeness (QED) is 0.779. The van der Waals surface area contributed by atoms with E-state index < -0.39 is 37.9 Å². The van der Waals surface area contributed by atoms with Crippen LogP contribution in [0.3, 0.4) is 0 Å². The molecule has 0 aliphatic carbocycles. The van der Waals surface area contributed by atoms with E-state index in [1.54, 1.807) is 0 Å². The van der Waals surface area contributed by atoms with Crippen molar-refractivity contribution >= 4 is 15.8 Å². The zero-order valence-electron chi connectivity index (χ0n) is 7.49. The third-order valence-electron chi connectivity index (χ3n) is 1.67. The molecule has 0 heterocycles. The zero-order valence-corrected chi connectivity index (χ0v) is 8.31. The number of benzene rings is 1. The van der Waals surface area contributed by atoms with Gasteiger partial charge in [-0.15, -0.1) is 0 Å². The van der Waals surface area contributed by atoms with Gasteiger partial charge in [0.2, 0.25) is 0 Å². The Kier molecular flexibility index (Phi) is 2.76. The molecule has 1 aromatic carbocycles. The van der Waals surface area contributed by atoms with Crippen molar-refractivity contribution in [2.45, 2.75) is 4.90 Å². The minimum atomic E-state index is -3.91. The van der Waals surface area contributed by atoms with Gasteiger partial charge in [0.25, 0.3) is 0 Å². The lowest BCUT2D eigenvalue weighted by Gasteiger charge is -2.04. The fourth-order valence-electron chi connectivity index (χ4n) is 1.02. The number of carboxylic acid groups (broad SMARTS) is 1. The summed E-state index contributed by atoms with van der Waals surface area (Å²) in [6.07, 6.45) is 0.703. The summed E-state index contributed by atoms with van der Waals surface area (Å²) >= 11 is 0. The standard InChI is InChI=1S/C8H6F2O4S/c1-15(13,14)5-3-2-4(9)6(7(5)10)8(11)12/h2-3H,1H3,(H,11,12). The van der Waals surface area contributed by atoms with Crippen LogP contribution in [0.1, 0.15) is 10.4 Å². The van der Waals surface area contributed by atoms with E-state index in [1.165, 1.54) is 0 Å². The van der Waals surface area contributed by atoms with Gasteiger partial charge in [-0.25, -0.2) is 22.0 Å². The second-order valence-electron chi connectivity index (χ2n) is 2.81. The van der Waals surface area contributed by atoms with Gasteiger partial charge in [-0.3, -0.25) is 0 Å². The molecule has 0 fully saturated rings. The van der Waals surface area contributed by atoms with Gasteiger partial charge in [-0.2, -0.15) is 0 Å². The Morgan fingerprint density at radius 1 is 1.33 bits per heavy atom. The van der Waals surface area contributed by atoms with E-state index in [0.717, 1.165) is 0 Å². The summed E-state index contributed by atoms with van der Waals surface area (Å²) in [5.41, 5.74) is -1.27. The van der Waals surface area contributed by atoms with Gasteiger partial charge >= 0.3 is 5.97 Å². The van der Waals surface area contributed by atoms with Crippen molar-refractivity contribution in [2.75, 3.05) is 6.26 Å². The molecule has 0 aliphatic rings. The summed E-state index contributed by atoms with van der Waals surface area (Å²) in [5, 5.41) is 8.46. The highest BCUT2D eigenvalue weighted by molar-refractivity contribution is 7.90. The topological polar surface area (TPSA) is 71.4 Å². The molecule has 15 heavy (non-hydrogen) atoms. The maximum absolute atomic E-state index is 13.3. The summed E-state index contributed by atoms with van der Waals surface area (Å²) < 4.78 is 48.1. The number of aromatic carboxylic acids is 1. The van der Waals surface area contributed by atoms with Gasteiger partial charge in [-0.05, 0) is 12.1 Å². The molecule has 0 aromatic heterocycles. The third-order valence-corrected chi connectivity index (χ3v) is 2.78. The van der Waals surface area contributed by atoms with Crippen LogP contribution in [0.4, 0.5) is 8.78 Å². The molecule has 0 amide bonds. The van der Waals surface area contributed by atoms with E-state index in [2.05, 4.69) is 0 Å². The number of sulfone groups is 1. The van der Waals surface area contributed by atoms with E-state index in [-0.39, 0.29) is 0 Å². The smallest absolute Gasteiger partial charge is 0.341 e. The van der Waals surface area contributed by atoms with Crippen molar-refractivity contribution < 1.29 is 27.1 Å². The molecule has 82 valence electrons. The van der Waals surface area contributed by atoms with Crippen LogP contribution in [0.2, 0.25) is 0 Å². The molecule has 4 nitrogen and oxygen atoms in total. The van der Waals surface area contributed by atoms with Gasteiger partial charge in [-0.1, -0.05) is 0 Å². The monoisotopic (exact) mass is 236 g/mol. The Morgan fingerprint density at radius 2 is 1.87 bits per heavy atom. The Labute approximate surface area is 84.1 Å². The molecule has 1 aromatic rings. The molecule has 0 atom stereocenters. The maximum Gasteiger partial charge on any atom is 0.341 e. The molecule has 0 spiro atoms. The molecule has 0 radical (unpaired) electrons. The molecule has 0 bridgehead atoms. The molecule has 1 N–H and O–H groups in total. The Bertz CT molecular complexity index is 522. The molecule has 1 rings (SSSR count). The molecule has 0 saturated carbocycles. The predicted octanol–water partition coefficient (Wildman–Crippen LogP) is 1.07. The summed E-state index contributed by atoms with van der Waals surface area (Å²) in [5.74, 6) is -4.74. The number of hydrogen-bond acceptors (Lipinski definition) is 3. The van der Waals surface area contributed by atoms with Crippen molar-refractivity contribution in [3.8, 4) is 0 Å². The number of halogens is 2. The van der Waals surface area contributed by atoms with E-state index in [0.29, 0.717) is 18.4 Å². The minimum absolute atomic E-state index is 0.600. The highest BCUT2D eigenvalue weighted by Crippen LogP contribution is 2.20. The van der Waals surface area contributed by atoms with Crippen LogP contribution >= 0.6 is 0 Å². The van der Waals surface area contributed by atoms with E-state index >= 15 is 0 Å². The Balaban J connectivity index is 3.64. The number of rotatable bonds is 2. The summed E-state index contributed by atoms with van der Waals surface area (Å²) in [4.78, 5) is 9.61. The van der Waals surface area contributed by atoms with Crippen molar-refractivity contribution in [3.05, 3.63) is 29.3 Å². The first-order valence-corrected chi connectivity index (χ1v) is 5.55. The third kappa shape index (κ3) is 2.12. The van der Waals surface area contributed by atoms with Crippen LogP contribution in [-0.4, -0.2) is 25.7 Å². The number of hydrogen-bond donors (Lipinski definition) is 1. The van der Waals surface area contributed by atoms with E-state index in [1.807, 2.05) is 0 Å². The van der Waals surface area contributed by atoms with Crippen molar-refractivity contribution in [1.29, 1.82) is 0 Å². The van der Waals surface area contributed by atoms with Crippen LogP contribution in [0, 0.1) is 11.6 Å². The first-order valence-electron chi connectivity index (χ1n) is 3.66. The van der Waals surface area contributed by atoms with E-state index in [9.17, 15) is 22.0 Å². The molecule has 0 unspecified atom stereocenters. The van der Waals surface area contributed by atoms with Gasteiger partial charge in [0.05, 0.1) is 0 Å². The Morgan fingerprint density at radius 3 is 2.27 bits per heavy atom. The summed E-state index contributed by atoms with van der Waals surface area (Å²) in [6.45, 7) is 0. The molecule has 7 heteroatoms. The second kappa shape index (κ2) is 3.58. The highest BCUT2D eigenvalue weighted by atomic mass is 32.2. The second-order valence-corrected chi connectivity index (χ2v) is 4.80. The largest absolute Gasteiger partial charge is 0.477 e. The van der Waals surface area contributed by atoms with Crippen LogP contribution in [-0.2, 0) is 9.84 Å². The minimum Gasteiger partial charge on any atom is -0.477 e. The van der Waals surface area contributed by atoms with Crippen LogP contribution < -0.4 is 0 Å². The fraction of sp³-hybridized carbons (Fsp3) is 0.125. The predicted molar refractivity (Wildman–Crippen MR) is 46.4 cm³/mol. The van der Waals surface area contributed by atoms with Crippen molar-refractivity contribution in [3.63, 3.8) is 0 Å². The van der Waals surface area contributed by atoms with Crippen molar-refractivity contribution in [2.24, 2.45) is 0 Å². The van der Waals surface area contributed by atoms with E-state index in [4.69, 9.17) is 5.11 Å². The van der Waals surface area contributed by atoms with Crippen LogP contribution in [0.15, 0.2) is 17.0 Å². The average Bonchev–Trinajstić information content (AvgIpc) is 2.00. The lowest BCUT2D eigenvalue weighted by atomic mass is 10.2. The lowest BCUT2D eigenvalue weighted by Crippen LogP contribution is -2.10. The summed E-state index contributed by atoms with van der Waals surface area (Å²) in [7, 11) is -3.91. The average molecular weight is 236 g/mol. The van der Waals surface area contributed by atoms with Crippen molar-refractivity contribution in [1.82, 2.24) is 0 Å². The summed E-state index contributed by atoms with van der Waals surface area (Å²) in [6, 6.07) is 1.29. The first kappa shape index (κ1) is 11.6. The Hall–Kier alpha value is -1.50. The van der Waals surface area contributed by atoms with Gasteiger partial charge < -0.3 is 5.11 Å². The normalized spacial score (nSPS) is 11.4. The molecular formula is C8H6F2O4S. The zero-order chi connectivity index (χ0) is 11.8. The van der Waals surface area contributed by atoms with Gasteiger partial charge in [0.15, 0.2) is 15.7 Å². The van der Waals surface area contributed by atoms with Crippen LogP contribution in [0.5, 0.6) is 0 Å². The molecular weight excluding hydrogens is 230 g/mol. The lowest BCUT2D eigenvalue weighted by molar-refractivity contribution is 0.0685. The molecule has 0 aliphatic heterocycles.